The van der Waals surface area contributed by atoms with E-state index in [9.17, 15) is 17.3 Å². The predicted molar refractivity (Wildman–Crippen MR) is 31.9 cm³/mol. The van der Waals surface area contributed by atoms with E-state index in [0.29, 0.717) is 10.9 Å². The van der Waals surface area contributed by atoms with Crippen molar-refractivity contribution in [3.05, 3.63) is 12.0 Å². The third-order valence-electron chi connectivity index (χ3n) is 1.25. The molecule has 62 valence electrons. The standard InChI is InChI=1S/C4H4BF4N2/c1-11-4(5(7,8)9)3(6)2-10-11/h2H,1H3/q-1. The highest BCUT2D eigenvalue weighted by Crippen LogP contribution is 2.09. The summed E-state index contributed by atoms with van der Waals surface area (Å²) in [6.45, 7) is -5.29. The average Bonchev–Trinajstić information content (AvgIpc) is 2.08. The summed E-state index contributed by atoms with van der Waals surface area (Å²) < 4.78 is 48.5. The zero-order chi connectivity index (χ0) is 8.65. The molecule has 0 saturated heterocycles. The number of aromatic nitrogens is 2. The Balaban J connectivity index is 3.21. The number of hydrogen-bond acceptors (Lipinski definition) is 1. The molecule has 1 aromatic heterocycles. The van der Waals surface area contributed by atoms with Crippen LogP contribution in [0.3, 0.4) is 0 Å². The van der Waals surface area contributed by atoms with Crippen molar-refractivity contribution in [2.75, 3.05) is 0 Å². The molecule has 0 aliphatic carbocycles. The third kappa shape index (κ3) is 1.36. The Kier molecular flexibility index (Phi) is 1.65. The minimum absolute atomic E-state index is 0.481. The number of hydrogen-bond donors (Lipinski definition) is 0. The summed E-state index contributed by atoms with van der Waals surface area (Å²) in [7, 11) is 1.05. The van der Waals surface area contributed by atoms with E-state index in [2.05, 4.69) is 5.10 Å². The molecule has 11 heavy (non-hydrogen) atoms. The molecule has 0 saturated carbocycles. The fourth-order valence-electron chi connectivity index (χ4n) is 0.788. The van der Waals surface area contributed by atoms with Crippen molar-refractivity contribution in [3.63, 3.8) is 0 Å². The van der Waals surface area contributed by atoms with Crippen LogP contribution in [0.5, 0.6) is 0 Å². The zero-order valence-electron chi connectivity index (χ0n) is 5.56. The first-order valence-corrected chi connectivity index (χ1v) is 2.80. The van der Waals surface area contributed by atoms with Crippen molar-refractivity contribution >= 4 is 12.6 Å². The van der Waals surface area contributed by atoms with E-state index < -0.39 is 18.4 Å². The van der Waals surface area contributed by atoms with Gasteiger partial charge in [-0.25, -0.2) is 4.39 Å². The van der Waals surface area contributed by atoms with E-state index in [-0.39, 0.29) is 0 Å². The lowest BCUT2D eigenvalue weighted by Gasteiger charge is -2.13. The number of halogens is 4. The molecular weight excluding hydrogens is 163 g/mol. The van der Waals surface area contributed by atoms with E-state index >= 15 is 0 Å². The molecule has 0 aliphatic heterocycles. The van der Waals surface area contributed by atoms with E-state index in [1.807, 2.05) is 0 Å². The van der Waals surface area contributed by atoms with E-state index in [1.165, 1.54) is 0 Å². The van der Waals surface area contributed by atoms with Crippen LogP contribution in [0.25, 0.3) is 0 Å². The fourth-order valence-corrected chi connectivity index (χ4v) is 0.788. The largest absolute Gasteiger partial charge is 0.530 e. The van der Waals surface area contributed by atoms with Crippen molar-refractivity contribution in [2.24, 2.45) is 7.05 Å². The summed E-state index contributed by atoms with van der Waals surface area (Å²) >= 11 is 0. The van der Waals surface area contributed by atoms with Gasteiger partial charge in [-0.3, -0.25) is 4.68 Å². The van der Waals surface area contributed by atoms with Crippen LogP contribution in [0.2, 0.25) is 0 Å². The van der Waals surface area contributed by atoms with E-state index in [0.717, 1.165) is 7.05 Å². The second kappa shape index (κ2) is 2.25. The van der Waals surface area contributed by atoms with Crippen LogP contribution < -0.4 is 5.59 Å². The highest BCUT2D eigenvalue weighted by Gasteiger charge is 2.32. The average molecular weight is 167 g/mol. The lowest BCUT2D eigenvalue weighted by Crippen LogP contribution is -2.41. The summed E-state index contributed by atoms with van der Waals surface area (Å²) in [4.78, 5) is 0. The van der Waals surface area contributed by atoms with Gasteiger partial charge in [0.25, 0.3) is 0 Å². The highest BCUT2D eigenvalue weighted by molar-refractivity contribution is 6.72. The van der Waals surface area contributed by atoms with Gasteiger partial charge in [0.1, 0.15) is 5.82 Å². The lowest BCUT2D eigenvalue weighted by atomic mass is 9.86. The molecule has 0 fully saturated rings. The highest BCUT2D eigenvalue weighted by atomic mass is 19.4. The molecule has 0 aliphatic rings. The van der Waals surface area contributed by atoms with E-state index in [4.69, 9.17) is 0 Å². The summed E-state index contributed by atoms with van der Waals surface area (Å²) in [5.74, 6) is -1.32. The first-order valence-electron chi connectivity index (χ1n) is 2.80. The summed E-state index contributed by atoms with van der Waals surface area (Å²) in [6, 6.07) is 0. The van der Waals surface area contributed by atoms with Crippen molar-refractivity contribution in [1.29, 1.82) is 0 Å². The minimum atomic E-state index is -5.29. The van der Waals surface area contributed by atoms with Gasteiger partial charge < -0.3 is 12.9 Å². The summed E-state index contributed by atoms with van der Waals surface area (Å²) in [5, 5.41) is 3.12. The quantitative estimate of drug-likeness (QED) is 0.442. The van der Waals surface area contributed by atoms with Crippen molar-refractivity contribution in [1.82, 2.24) is 9.78 Å². The molecule has 0 radical (unpaired) electrons. The van der Waals surface area contributed by atoms with Gasteiger partial charge in [-0.2, -0.15) is 5.10 Å². The van der Waals surface area contributed by atoms with Gasteiger partial charge in [0.05, 0.1) is 6.20 Å². The molecule has 1 aromatic rings. The Morgan fingerprint density at radius 1 is 1.45 bits per heavy atom. The van der Waals surface area contributed by atoms with Crippen LogP contribution >= 0.6 is 0 Å². The molecule has 0 amide bonds. The Labute approximate surface area is 59.9 Å². The van der Waals surface area contributed by atoms with Gasteiger partial charge in [0, 0.05) is 12.6 Å². The van der Waals surface area contributed by atoms with E-state index in [1.54, 1.807) is 0 Å². The molecule has 2 nitrogen and oxygen atoms in total. The van der Waals surface area contributed by atoms with Crippen LogP contribution in [0.1, 0.15) is 0 Å². The molecule has 1 rings (SSSR count). The minimum Gasteiger partial charge on any atom is -0.444 e. The maximum atomic E-state index is 12.3. The third-order valence-corrected chi connectivity index (χ3v) is 1.25. The van der Waals surface area contributed by atoms with Gasteiger partial charge in [-0.1, -0.05) is 0 Å². The topological polar surface area (TPSA) is 17.8 Å². The second-order valence-electron chi connectivity index (χ2n) is 2.08. The molecular formula is C4H4BF4N2-. The Bertz CT molecular complexity index is 246. The van der Waals surface area contributed by atoms with Gasteiger partial charge >= 0.3 is 6.98 Å². The second-order valence-corrected chi connectivity index (χ2v) is 2.08. The maximum Gasteiger partial charge on any atom is 0.530 e. The molecule has 1 heterocycles. The predicted octanol–water partition coefficient (Wildman–Crippen LogP) is 0.614. The summed E-state index contributed by atoms with van der Waals surface area (Å²) in [5.41, 5.74) is -1.29. The van der Waals surface area contributed by atoms with Crippen molar-refractivity contribution < 1.29 is 17.3 Å². The number of rotatable bonds is 1. The van der Waals surface area contributed by atoms with Gasteiger partial charge in [0.2, 0.25) is 0 Å². The normalized spacial score (nSPS) is 12.1. The first-order chi connectivity index (χ1) is 4.93. The molecule has 0 aromatic carbocycles. The smallest absolute Gasteiger partial charge is 0.444 e. The lowest BCUT2D eigenvalue weighted by molar-refractivity contribution is 0.486. The number of aryl methyl sites for hydroxylation is 1. The summed E-state index contributed by atoms with van der Waals surface area (Å²) in [6.07, 6.45) is 0.546. The van der Waals surface area contributed by atoms with Crippen LogP contribution in [0.15, 0.2) is 6.20 Å². The maximum absolute atomic E-state index is 12.3. The monoisotopic (exact) mass is 167 g/mol. The SMILES string of the molecule is Cn1ncc(F)c1[B-](F)(F)F. The Morgan fingerprint density at radius 2 is 2.00 bits per heavy atom. The van der Waals surface area contributed by atoms with Crippen LogP contribution in [0, 0.1) is 5.82 Å². The molecule has 0 bridgehead atoms. The van der Waals surface area contributed by atoms with Crippen molar-refractivity contribution in [3.8, 4) is 0 Å². The van der Waals surface area contributed by atoms with Gasteiger partial charge in [0.15, 0.2) is 0 Å². The van der Waals surface area contributed by atoms with Crippen LogP contribution in [-0.2, 0) is 7.05 Å². The van der Waals surface area contributed by atoms with Gasteiger partial charge in [-0.15, -0.1) is 0 Å². The Hall–Kier alpha value is -1.01. The number of nitrogens with zero attached hydrogens (tertiary/aromatic N) is 2. The first kappa shape index (κ1) is 8.09. The molecule has 7 heteroatoms. The molecule has 0 N–H and O–H groups in total. The fraction of sp³-hybridized carbons (Fsp3) is 0.250. The molecule has 0 unspecified atom stereocenters. The molecule has 0 spiro atoms. The molecule has 0 atom stereocenters. The van der Waals surface area contributed by atoms with Crippen LogP contribution in [-0.4, -0.2) is 16.8 Å². The Morgan fingerprint density at radius 3 is 2.18 bits per heavy atom. The zero-order valence-corrected chi connectivity index (χ0v) is 5.56. The van der Waals surface area contributed by atoms with Crippen LogP contribution in [0.4, 0.5) is 17.3 Å². The van der Waals surface area contributed by atoms with Gasteiger partial charge in [-0.05, 0) is 0 Å². The van der Waals surface area contributed by atoms with Crippen molar-refractivity contribution in [2.45, 2.75) is 0 Å².